The van der Waals surface area contributed by atoms with Gasteiger partial charge in [-0.25, -0.2) is 4.79 Å². The van der Waals surface area contributed by atoms with E-state index in [1.807, 2.05) is 0 Å². The van der Waals surface area contributed by atoms with Crippen LogP contribution < -0.4 is 0 Å². The third kappa shape index (κ3) is 4.30. The number of hydrogen-bond acceptors (Lipinski definition) is 4. The van der Waals surface area contributed by atoms with E-state index in [0.717, 1.165) is 4.47 Å². The van der Waals surface area contributed by atoms with Gasteiger partial charge in [0.2, 0.25) is 5.91 Å². The van der Waals surface area contributed by atoms with E-state index in [1.165, 1.54) is 6.92 Å². The lowest BCUT2D eigenvalue weighted by molar-refractivity contribution is -0.140. The van der Waals surface area contributed by atoms with Gasteiger partial charge in [-0.15, -0.1) is 0 Å². The van der Waals surface area contributed by atoms with Crippen molar-refractivity contribution < 1.29 is 19.1 Å². The molecule has 0 bridgehead atoms. The van der Waals surface area contributed by atoms with E-state index in [2.05, 4.69) is 15.9 Å². The molecule has 0 unspecified atom stereocenters. The molecule has 1 aromatic carbocycles. The van der Waals surface area contributed by atoms with Crippen molar-refractivity contribution in [2.24, 2.45) is 0 Å². The van der Waals surface area contributed by atoms with Crippen LogP contribution in [0.1, 0.15) is 17.3 Å². The highest BCUT2D eigenvalue weighted by Crippen LogP contribution is 2.11. The first-order chi connectivity index (χ1) is 10.5. The van der Waals surface area contributed by atoms with E-state index >= 15 is 0 Å². The third-order valence-electron chi connectivity index (χ3n) is 3.48. The van der Waals surface area contributed by atoms with E-state index in [9.17, 15) is 14.4 Å². The number of halogens is 1. The topological polar surface area (TPSA) is 66.9 Å². The molecule has 0 aromatic heterocycles. The van der Waals surface area contributed by atoms with Gasteiger partial charge in [0.05, 0.1) is 5.56 Å². The third-order valence-corrected chi connectivity index (χ3v) is 4.01. The molecule has 0 radical (unpaired) electrons. The molecular formula is C15H17BrN2O4. The molecule has 1 aliphatic heterocycles. The fourth-order valence-electron chi connectivity index (χ4n) is 2.16. The monoisotopic (exact) mass is 368 g/mol. The van der Waals surface area contributed by atoms with Gasteiger partial charge < -0.3 is 14.5 Å². The summed E-state index contributed by atoms with van der Waals surface area (Å²) in [5.41, 5.74) is 0.400. The number of carbonyl (C=O) groups excluding carboxylic acids is 3. The summed E-state index contributed by atoms with van der Waals surface area (Å²) in [6.07, 6.45) is 0. The minimum absolute atomic E-state index is 0.00812. The van der Waals surface area contributed by atoms with E-state index in [4.69, 9.17) is 4.74 Å². The van der Waals surface area contributed by atoms with Gasteiger partial charge in [0.25, 0.3) is 5.91 Å². The normalized spacial score (nSPS) is 14.6. The number of amides is 2. The Morgan fingerprint density at radius 1 is 1.05 bits per heavy atom. The molecule has 6 nitrogen and oxygen atoms in total. The lowest BCUT2D eigenvalue weighted by atomic mass is 10.2. The van der Waals surface area contributed by atoms with Gasteiger partial charge in [-0.3, -0.25) is 9.59 Å². The molecule has 0 saturated carbocycles. The summed E-state index contributed by atoms with van der Waals surface area (Å²) >= 11 is 3.28. The molecule has 1 aromatic rings. The standard InChI is InChI=1S/C15H17BrN2O4/c1-11(19)17-6-8-18(9-7-17)14(20)10-22-15(21)12-2-4-13(16)5-3-12/h2-5H,6-10H2,1H3. The Morgan fingerprint density at radius 3 is 2.14 bits per heavy atom. The highest BCUT2D eigenvalue weighted by atomic mass is 79.9. The lowest BCUT2D eigenvalue weighted by Crippen LogP contribution is -2.51. The molecule has 2 amide bonds. The van der Waals surface area contributed by atoms with Crippen molar-refractivity contribution in [1.82, 2.24) is 9.80 Å². The summed E-state index contributed by atoms with van der Waals surface area (Å²) in [7, 11) is 0. The van der Waals surface area contributed by atoms with Crippen LogP contribution >= 0.6 is 15.9 Å². The number of carbonyl (C=O) groups is 3. The molecule has 0 N–H and O–H groups in total. The fraction of sp³-hybridized carbons (Fsp3) is 0.400. The van der Waals surface area contributed by atoms with Gasteiger partial charge >= 0.3 is 5.97 Å². The Kier molecular flexibility index (Phi) is 5.54. The van der Waals surface area contributed by atoms with Crippen molar-refractivity contribution in [3.8, 4) is 0 Å². The summed E-state index contributed by atoms with van der Waals surface area (Å²) in [6.45, 7) is 3.19. The van der Waals surface area contributed by atoms with E-state index < -0.39 is 5.97 Å². The van der Waals surface area contributed by atoms with Crippen molar-refractivity contribution in [2.45, 2.75) is 6.92 Å². The van der Waals surface area contributed by atoms with Crippen LogP contribution in [0, 0.1) is 0 Å². The highest BCUT2D eigenvalue weighted by Gasteiger charge is 2.23. The van der Waals surface area contributed by atoms with Crippen molar-refractivity contribution in [3.05, 3.63) is 34.3 Å². The number of hydrogen-bond donors (Lipinski definition) is 0. The zero-order valence-corrected chi connectivity index (χ0v) is 13.8. The summed E-state index contributed by atoms with van der Waals surface area (Å²) in [4.78, 5) is 38.3. The van der Waals surface area contributed by atoms with Crippen molar-refractivity contribution in [3.63, 3.8) is 0 Å². The predicted octanol–water partition coefficient (Wildman–Crippen LogP) is 1.30. The summed E-state index contributed by atoms with van der Waals surface area (Å²) in [5.74, 6) is -0.759. The molecule has 1 heterocycles. The number of esters is 1. The second-order valence-corrected chi connectivity index (χ2v) is 5.89. The summed E-state index contributed by atoms with van der Waals surface area (Å²) in [5, 5.41) is 0. The Bertz CT molecular complexity index is 565. The average Bonchev–Trinajstić information content (AvgIpc) is 2.53. The van der Waals surface area contributed by atoms with Crippen molar-refractivity contribution in [1.29, 1.82) is 0 Å². The summed E-state index contributed by atoms with van der Waals surface area (Å²) in [6, 6.07) is 6.73. The van der Waals surface area contributed by atoms with E-state index in [1.54, 1.807) is 34.1 Å². The largest absolute Gasteiger partial charge is 0.452 e. The van der Waals surface area contributed by atoms with Crippen LogP contribution in [0.3, 0.4) is 0 Å². The lowest BCUT2D eigenvalue weighted by Gasteiger charge is -2.34. The smallest absolute Gasteiger partial charge is 0.338 e. The number of piperazine rings is 1. The Morgan fingerprint density at radius 2 is 1.59 bits per heavy atom. The second-order valence-electron chi connectivity index (χ2n) is 4.97. The van der Waals surface area contributed by atoms with Crippen LogP contribution in [0.4, 0.5) is 0 Å². The Hall–Kier alpha value is -1.89. The molecule has 0 atom stereocenters. The highest BCUT2D eigenvalue weighted by molar-refractivity contribution is 9.10. The van der Waals surface area contributed by atoms with Crippen LogP contribution in [0.15, 0.2) is 28.7 Å². The minimum Gasteiger partial charge on any atom is -0.452 e. The van der Waals surface area contributed by atoms with Crippen LogP contribution in [0.25, 0.3) is 0 Å². The molecule has 0 aliphatic carbocycles. The Balaban J connectivity index is 1.79. The van der Waals surface area contributed by atoms with Gasteiger partial charge in [0.1, 0.15) is 0 Å². The van der Waals surface area contributed by atoms with Crippen LogP contribution in [-0.2, 0) is 14.3 Å². The maximum atomic E-state index is 12.0. The quantitative estimate of drug-likeness (QED) is 0.754. The molecule has 7 heteroatoms. The fourth-order valence-corrected chi connectivity index (χ4v) is 2.42. The molecule has 1 fully saturated rings. The maximum Gasteiger partial charge on any atom is 0.338 e. The first-order valence-corrected chi connectivity index (χ1v) is 7.72. The van der Waals surface area contributed by atoms with Crippen LogP contribution in [0.5, 0.6) is 0 Å². The SMILES string of the molecule is CC(=O)N1CCN(C(=O)COC(=O)c2ccc(Br)cc2)CC1. The number of benzene rings is 1. The zero-order chi connectivity index (χ0) is 16.1. The van der Waals surface area contributed by atoms with Gasteiger partial charge in [-0.05, 0) is 24.3 Å². The average molecular weight is 369 g/mol. The van der Waals surface area contributed by atoms with Crippen molar-refractivity contribution >= 4 is 33.7 Å². The van der Waals surface area contributed by atoms with Gasteiger partial charge in [0.15, 0.2) is 6.61 Å². The molecular weight excluding hydrogens is 352 g/mol. The van der Waals surface area contributed by atoms with Gasteiger partial charge in [0, 0.05) is 37.6 Å². The second kappa shape index (κ2) is 7.40. The first kappa shape index (κ1) is 16.5. The maximum absolute atomic E-state index is 12.0. The van der Waals surface area contributed by atoms with Gasteiger partial charge in [-0.1, -0.05) is 15.9 Å². The molecule has 1 saturated heterocycles. The number of ether oxygens (including phenoxy) is 1. The molecule has 118 valence electrons. The minimum atomic E-state index is -0.525. The number of nitrogens with zero attached hydrogens (tertiary/aromatic N) is 2. The molecule has 2 rings (SSSR count). The van der Waals surface area contributed by atoms with Crippen molar-refractivity contribution in [2.75, 3.05) is 32.8 Å². The molecule has 1 aliphatic rings. The predicted molar refractivity (Wildman–Crippen MR) is 83.3 cm³/mol. The Labute approximate surface area is 137 Å². The zero-order valence-electron chi connectivity index (χ0n) is 12.3. The number of rotatable bonds is 3. The van der Waals surface area contributed by atoms with E-state index in [-0.39, 0.29) is 18.4 Å². The molecule has 0 spiro atoms. The van der Waals surface area contributed by atoms with E-state index in [0.29, 0.717) is 31.7 Å². The van der Waals surface area contributed by atoms with Gasteiger partial charge in [-0.2, -0.15) is 0 Å². The molecule has 22 heavy (non-hydrogen) atoms. The van der Waals surface area contributed by atoms with Crippen LogP contribution in [-0.4, -0.2) is 60.4 Å². The summed E-state index contributed by atoms with van der Waals surface area (Å²) < 4.78 is 5.90. The first-order valence-electron chi connectivity index (χ1n) is 6.93. The van der Waals surface area contributed by atoms with Crippen LogP contribution in [0.2, 0.25) is 0 Å².